The Morgan fingerprint density at radius 1 is 0.408 bits per heavy atom. The van der Waals surface area contributed by atoms with Gasteiger partial charge in [-0.15, -0.1) is 0 Å². The number of fused-ring (bicyclic) bond motifs is 3. The summed E-state index contributed by atoms with van der Waals surface area (Å²) < 4.78 is 0. The number of rotatable bonds is 29. The van der Waals surface area contributed by atoms with Crippen molar-refractivity contribution >= 4 is 86.0 Å². The first-order valence-electron chi connectivity index (χ1n) is 24.8. The van der Waals surface area contributed by atoms with E-state index in [9.17, 15) is 24.0 Å². The Morgan fingerprint density at radius 2 is 0.711 bits per heavy atom. The molecule has 0 saturated heterocycles. The average molecular weight is 1040 g/mol. The maximum atomic E-state index is 15.0. The van der Waals surface area contributed by atoms with Crippen LogP contribution >= 0.6 is 0 Å². The predicted octanol–water partition coefficient (Wildman–Crippen LogP) is -1.44. The number of primary amides is 1. The molecule has 0 unspecified atom stereocenters. The van der Waals surface area contributed by atoms with Crippen LogP contribution in [0.1, 0.15) is 55.2 Å². The Balaban J connectivity index is 1.30. The zero-order valence-electron chi connectivity index (χ0n) is 42.0. The summed E-state index contributed by atoms with van der Waals surface area (Å²) >= 11 is 0. The Morgan fingerprint density at radius 3 is 1.08 bits per heavy atom. The molecular weight excluding hydrogens is 975 g/mol. The topological polar surface area (TPSA) is 455 Å². The van der Waals surface area contributed by atoms with E-state index in [0.717, 1.165) is 38.3 Å². The number of hydrogen-bond donors (Lipinski definition) is 16. The van der Waals surface area contributed by atoms with Crippen molar-refractivity contribution in [2.24, 2.45) is 60.8 Å². The molecule has 6 aromatic rings. The number of H-pyrrole nitrogens is 3. The standard InChI is InChI=1S/C51H69N19O6/c52-34(13-7-19-60-49(54)55)44(72)66-38(17-8-20-61-50(56)57)45(73)67-39(18-9-21-62-51(58)59)46(74)69-42(24-30-27-65-37-16-6-3-12-33(30)37)48(76)70-41(23-29-26-64-36-15-5-2-11-32(29)36)47(75)68-40(43(53)71)22-28-25-63-35-14-4-1-10-31(28)35/h1-6,10-12,14-16,25-27,34,38-42,63-65H,7-9,13,17-24,52H2,(H2,53,71)(H,66,72)(H,67,73)(H,68,75)(H,69,74)(H,70,76)(H4,54,55,60)(H4,56,57,61)(H4,58,59,62)/t34-,38-,39-,40-,41-,42-/m0/s1. The first-order valence-corrected chi connectivity index (χ1v) is 24.8. The number of guanidine groups is 3. The maximum absolute atomic E-state index is 15.0. The number of para-hydroxylation sites is 3. The van der Waals surface area contributed by atoms with Crippen LogP contribution in [0.2, 0.25) is 0 Å². The van der Waals surface area contributed by atoms with Crippen molar-refractivity contribution in [1.29, 1.82) is 0 Å². The molecule has 3 heterocycles. The second-order valence-electron chi connectivity index (χ2n) is 18.4. The van der Waals surface area contributed by atoms with E-state index in [-0.39, 0.29) is 88.9 Å². The summed E-state index contributed by atoms with van der Waals surface area (Å²) in [4.78, 5) is 107. The molecule has 6 amide bonds. The molecule has 6 rings (SSSR count). The zero-order chi connectivity index (χ0) is 54.7. The van der Waals surface area contributed by atoms with Crippen LogP contribution in [0, 0.1) is 0 Å². The van der Waals surface area contributed by atoms with E-state index in [0.29, 0.717) is 17.5 Å². The normalized spacial score (nSPS) is 13.5. The van der Waals surface area contributed by atoms with E-state index < -0.39 is 71.7 Å². The number of benzene rings is 3. The largest absolute Gasteiger partial charge is 0.370 e. The fourth-order valence-electron chi connectivity index (χ4n) is 8.77. The molecule has 0 aliphatic rings. The minimum Gasteiger partial charge on any atom is -0.370 e. The lowest BCUT2D eigenvalue weighted by Crippen LogP contribution is -2.60. The molecule has 24 N–H and O–H groups in total. The third-order valence-electron chi connectivity index (χ3n) is 12.7. The first kappa shape index (κ1) is 56.2. The van der Waals surface area contributed by atoms with E-state index in [1.807, 2.05) is 72.8 Å². The number of carbonyl (C=O) groups is 6. The van der Waals surface area contributed by atoms with Crippen LogP contribution in [0.4, 0.5) is 0 Å². The molecule has 0 fully saturated rings. The molecule has 76 heavy (non-hydrogen) atoms. The molecule has 404 valence electrons. The van der Waals surface area contributed by atoms with Crippen LogP contribution < -0.4 is 72.5 Å². The molecule has 3 aromatic heterocycles. The Bertz CT molecular complexity index is 3060. The van der Waals surface area contributed by atoms with Gasteiger partial charge in [-0.1, -0.05) is 54.6 Å². The van der Waals surface area contributed by atoms with Crippen LogP contribution in [0.15, 0.2) is 106 Å². The number of hydrogen-bond acceptors (Lipinski definition) is 10. The number of amides is 6. The zero-order valence-corrected chi connectivity index (χ0v) is 42.0. The quantitative estimate of drug-likeness (QED) is 0.0146. The van der Waals surface area contributed by atoms with E-state index in [1.54, 1.807) is 18.6 Å². The second-order valence-corrected chi connectivity index (χ2v) is 18.4. The lowest BCUT2D eigenvalue weighted by Gasteiger charge is -2.27. The summed E-state index contributed by atoms with van der Waals surface area (Å²) in [5, 5.41) is 16.4. The van der Waals surface area contributed by atoms with Gasteiger partial charge in [0.25, 0.3) is 0 Å². The van der Waals surface area contributed by atoms with Gasteiger partial charge in [0, 0.05) is 90.2 Å². The van der Waals surface area contributed by atoms with E-state index >= 15 is 4.79 Å². The Kier molecular flexibility index (Phi) is 20.1. The van der Waals surface area contributed by atoms with Crippen molar-refractivity contribution in [2.75, 3.05) is 19.6 Å². The highest BCUT2D eigenvalue weighted by atomic mass is 16.2. The minimum absolute atomic E-state index is 0.0290. The van der Waals surface area contributed by atoms with Crippen LogP contribution in [-0.4, -0.2) is 124 Å². The van der Waals surface area contributed by atoms with Crippen molar-refractivity contribution < 1.29 is 28.8 Å². The van der Waals surface area contributed by atoms with E-state index in [1.165, 1.54) is 0 Å². The number of aromatic amines is 3. The molecule has 25 nitrogen and oxygen atoms in total. The monoisotopic (exact) mass is 1040 g/mol. The van der Waals surface area contributed by atoms with Gasteiger partial charge in [-0.3, -0.25) is 43.7 Å². The highest BCUT2D eigenvalue weighted by Crippen LogP contribution is 2.23. The molecule has 3 aromatic carbocycles. The molecule has 0 saturated carbocycles. The lowest BCUT2D eigenvalue weighted by molar-refractivity contribution is -0.135. The summed E-state index contributed by atoms with van der Waals surface area (Å²) in [6, 6.07) is 14.8. The number of nitrogens with one attached hydrogen (secondary N) is 8. The predicted molar refractivity (Wildman–Crippen MR) is 293 cm³/mol. The van der Waals surface area contributed by atoms with Gasteiger partial charge in [0.2, 0.25) is 35.4 Å². The molecule has 6 atom stereocenters. The fraction of sp³-hybridized carbons (Fsp3) is 0.353. The summed E-state index contributed by atoms with van der Waals surface area (Å²) in [5.41, 5.74) is 49.7. The molecule has 0 radical (unpaired) electrons. The van der Waals surface area contributed by atoms with Gasteiger partial charge in [0.05, 0.1) is 6.04 Å². The highest BCUT2D eigenvalue weighted by molar-refractivity contribution is 5.98. The van der Waals surface area contributed by atoms with Gasteiger partial charge >= 0.3 is 0 Å². The summed E-state index contributed by atoms with van der Waals surface area (Å²) in [6.07, 6.45) is 6.06. The minimum atomic E-state index is -1.38. The third-order valence-corrected chi connectivity index (χ3v) is 12.7. The van der Waals surface area contributed by atoms with Crippen LogP contribution in [0.3, 0.4) is 0 Å². The molecular formula is C51H69N19O6. The molecule has 0 bridgehead atoms. The van der Waals surface area contributed by atoms with Gasteiger partial charge < -0.3 is 87.4 Å². The van der Waals surface area contributed by atoms with Gasteiger partial charge in [-0.25, -0.2) is 0 Å². The lowest BCUT2D eigenvalue weighted by atomic mass is 10.00. The van der Waals surface area contributed by atoms with Gasteiger partial charge in [0.15, 0.2) is 17.9 Å². The number of aliphatic imine (C=N–C) groups is 3. The Hall–Kier alpha value is -9.13. The van der Waals surface area contributed by atoms with Crippen LogP contribution in [0.25, 0.3) is 32.7 Å². The van der Waals surface area contributed by atoms with Crippen molar-refractivity contribution in [1.82, 2.24) is 41.5 Å². The maximum Gasteiger partial charge on any atom is 0.243 e. The van der Waals surface area contributed by atoms with Gasteiger partial charge in [0.1, 0.15) is 30.2 Å². The Labute approximate surface area is 437 Å². The van der Waals surface area contributed by atoms with E-state index in [4.69, 9.17) is 45.9 Å². The number of nitrogens with two attached hydrogens (primary N) is 8. The smallest absolute Gasteiger partial charge is 0.243 e. The van der Waals surface area contributed by atoms with Crippen molar-refractivity contribution in [2.45, 2.75) is 94.0 Å². The summed E-state index contributed by atoms with van der Waals surface area (Å²) in [5.74, 6) is -4.95. The summed E-state index contributed by atoms with van der Waals surface area (Å²) in [6.45, 7) is 0.417. The highest BCUT2D eigenvalue weighted by Gasteiger charge is 2.34. The van der Waals surface area contributed by atoms with Crippen LogP contribution in [0.5, 0.6) is 0 Å². The van der Waals surface area contributed by atoms with Crippen LogP contribution in [-0.2, 0) is 48.0 Å². The third kappa shape index (κ3) is 16.2. The molecule has 0 aliphatic carbocycles. The number of aromatic nitrogens is 3. The molecule has 25 heteroatoms. The first-order chi connectivity index (χ1) is 36.5. The molecule has 0 spiro atoms. The number of nitrogens with zero attached hydrogens (tertiary/aromatic N) is 3. The average Bonchev–Trinajstić information content (AvgIpc) is 4.13. The van der Waals surface area contributed by atoms with Crippen molar-refractivity contribution in [3.63, 3.8) is 0 Å². The van der Waals surface area contributed by atoms with Crippen molar-refractivity contribution in [3.05, 3.63) is 108 Å². The number of carbonyl (C=O) groups excluding carboxylic acids is 6. The van der Waals surface area contributed by atoms with Gasteiger partial charge in [-0.2, -0.15) is 0 Å². The summed E-state index contributed by atoms with van der Waals surface area (Å²) in [7, 11) is 0. The fourth-order valence-corrected chi connectivity index (χ4v) is 8.77. The molecule has 0 aliphatic heterocycles. The van der Waals surface area contributed by atoms with Gasteiger partial charge in [-0.05, 0) is 73.4 Å². The second kappa shape index (κ2) is 27.2. The van der Waals surface area contributed by atoms with Crippen molar-refractivity contribution in [3.8, 4) is 0 Å². The SMILES string of the molecule is NC(=O)[C@H](Cc1c[nH]c2ccccc12)NC(=O)[C@H](Cc1c[nH]c2ccccc12)NC(=O)[C@H](Cc1c[nH]c2ccccc12)NC(=O)[C@H](CCCN=C(N)N)NC(=O)[C@H](CCCN=C(N)N)NC(=O)[C@@H](N)CCCN=C(N)N. The van der Waals surface area contributed by atoms with E-state index in [2.05, 4.69) is 56.5 Å².